The Balaban J connectivity index is 2.40. The molecule has 0 saturated carbocycles. The predicted octanol–water partition coefficient (Wildman–Crippen LogP) is 6.07. The van der Waals surface area contributed by atoms with E-state index in [0.29, 0.717) is 6.61 Å². The summed E-state index contributed by atoms with van der Waals surface area (Å²) >= 11 is 0. The normalized spacial score (nSPS) is 23.0. The molecule has 45 heavy (non-hydrogen) atoms. The van der Waals surface area contributed by atoms with Gasteiger partial charge in [0.1, 0.15) is 30.5 Å². The van der Waals surface area contributed by atoms with Crippen LogP contribution in [0.1, 0.15) is 123 Å². The number of carbonyl (C=O) groups excluding carboxylic acids is 1. The molecule has 0 aromatic carbocycles. The van der Waals surface area contributed by atoms with Crippen LogP contribution in [0.25, 0.3) is 0 Å². The number of aliphatic hydroxyl groups excluding tert-OH is 4. The lowest BCUT2D eigenvalue weighted by Gasteiger charge is -2.39. The summed E-state index contributed by atoms with van der Waals surface area (Å²) < 4.78 is 22.6. The number of carbonyl (C=O) groups is 1. The van der Waals surface area contributed by atoms with Crippen LogP contribution in [0.5, 0.6) is 0 Å². The Morgan fingerprint density at radius 2 is 1.36 bits per heavy atom. The van der Waals surface area contributed by atoms with Gasteiger partial charge in [0.25, 0.3) is 0 Å². The van der Waals surface area contributed by atoms with Crippen molar-refractivity contribution in [3.05, 3.63) is 36.5 Å². The molecular formula is C36H64O9. The van der Waals surface area contributed by atoms with Gasteiger partial charge in [-0.2, -0.15) is 0 Å². The summed E-state index contributed by atoms with van der Waals surface area (Å²) in [4.78, 5) is 12.6. The molecule has 0 aromatic rings. The molecule has 1 saturated heterocycles. The van der Waals surface area contributed by atoms with Gasteiger partial charge >= 0.3 is 5.97 Å². The number of unbranched alkanes of at least 4 members (excludes halogenated alkanes) is 11. The number of ether oxygens (including phenoxy) is 4. The zero-order valence-corrected chi connectivity index (χ0v) is 28.1. The summed E-state index contributed by atoms with van der Waals surface area (Å²) in [6.45, 7) is 4.36. The molecular weight excluding hydrogens is 576 g/mol. The molecule has 0 aliphatic carbocycles. The number of hydrogen-bond donors (Lipinski definition) is 4. The van der Waals surface area contributed by atoms with Crippen molar-refractivity contribution in [1.82, 2.24) is 0 Å². The quantitative estimate of drug-likeness (QED) is 0.0457. The Hall–Kier alpha value is -1.59. The molecule has 0 spiro atoms. The lowest BCUT2D eigenvalue weighted by Crippen LogP contribution is -2.59. The molecule has 1 aliphatic heterocycles. The van der Waals surface area contributed by atoms with Gasteiger partial charge in [0, 0.05) is 13.0 Å². The van der Waals surface area contributed by atoms with Gasteiger partial charge in [-0.1, -0.05) is 108 Å². The van der Waals surface area contributed by atoms with Crippen LogP contribution < -0.4 is 0 Å². The van der Waals surface area contributed by atoms with E-state index in [1.165, 1.54) is 44.9 Å². The maximum Gasteiger partial charge on any atom is 0.306 e. The number of esters is 1. The largest absolute Gasteiger partial charge is 0.457 e. The summed E-state index contributed by atoms with van der Waals surface area (Å²) in [6.07, 6.45) is 23.2. The first kappa shape index (κ1) is 41.4. The van der Waals surface area contributed by atoms with Crippen molar-refractivity contribution in [2.75, 3.05) is 26.4 Å². The average molecular weight is 641 g/mol. The van der Waals surface area contributed by atoms with E-state index in [1.54, 1.807) is 0 Å². The van der Waals surface area contributed by atoms with E-state index >= 15 is 0 Å². The number of aliphatic hydroxyl groups is 4. The second-order valence-electron chi connectivity index (χ2n) is 11.9. The SMILES string of the molecule is CC/C=C\C/C=C\C/C=C\CCCCCC(=O)OC(COCCCCCCCCCCC)COC1OC(CO)C(O)C(O)C1O. The highest BCUT2D eigenvalue weighted by Crippen LogP contribution is 2.22. The van der Waals surface area contributed by atoms with Crippen molar-refractivity contribution >= 4 is 5.97 Å². The summed E-state index contributed by atoms with van der Waals surface area (Å²) in [5, 5.41) is 39.8. The Labute approximate surface area is 272 Å². The molecule has 6 atom stereocenters. The lowest BCUT2D eigenvalue weighted by molar-refractivity contribution is -0.305. The molecule has 262 valence electrons. The van der Waals surface area contributed by atoms with Gasteiger partial charge in [-0.15, -0.1) is 0 Å². The third-order valence-corrected chi connectivity index (χ3v) is 7.82. The first-order valence-corrected chi connectivity index (χ1v) is 17.6. The van der Waals surface area contributed by atoms with Gasteiger partial charge in [-0.05, 0) is 44.9 Å². The van der Waals surface area contributed by atoms with Crippen LogP contribution in [0, 0.1) is 0 Å². The summed E-state index contributed by atoms with van der Waals surface area (Å²) in [6, 6.07) is 0. The van der Waals surface area contributed by atoms with E-state index in [1.807, 2.05) is 0 Å². The van der Waals surface area contributed by atoms with E-state index in [0.717, 1.165) is 57.8 Å². The molecule has 0 amide bonds. The molecule has 1 rings (SSSR count). The van der Waals surface area contributed by atoms with Crippen LogP contribution >= 0.6 is 0 Å². The molecule has 1 fully saturated rings. The maximum absolute atomic E-state index is 12.6. The van der Waals surface area contributed by atoms with E-state index < -0.39 is 43.4 Å². The first-order valence-electron chi connectivity index (χ1n) is 17.6. The zero-order chi connectivity index (χ0) is 33.0. The topological polar surface area (TPSA) is 135 Å². The summed E-state index contributed by atoms with van der Waals surface area (Å²) in [7, 11) is 0. The Morgan fingerprint density at radius 1 is 0.733 bits per heavy atom. The summed E-state index contributed by atoms with van der Waals surface area (Å²) in [5.41, 5.74) is 0. The third kappa shape index (κ3) is 21.0. The van der Waals surface area contributed by atoms with E-state index in [4.69, 9.17) is 18.9 Å². The summed E-state index contributed by atoms with van der Waals surface area (Å²) in [5.74, 6) is -0.345. The first-order chi connectivity index (χ1) is 21.9. The molecule has 0 radical (unpaired) electrons. The van der Waals surface area contributed by atoms with Gasteiger partial charge in [-0.3, -0.25) is 4.79 Å². The highest BCUT2D eigenvalue weighted by molar-refractivity contribution is 5.69. The molecule has 9 nitrogen and oxygen atoms in total. The lowest BCUT2D eigenvalue weighted by atomic mass is 9.99. The third-order valence-electron chi connectivity index (χ3n) is 7.82. The van der Waals surface area contributed by atoms with Gasteiger partial charge in [0.05, 0.1) is 19.8 Å². The standard InChI is InChI=1S/C36H64O9/c1-3-5-7-9-11-13-14-15-16-17-19-21-23-25-32(38)44-30(28-42-26-24-22-20-18-12-10-8-6-4-2)29-43-36-35(41)34(40)33(39)31(27-37)45-36/h5,7,11,13,15-16,30-31,33-37,39-41H,3-4,6,8-10,12,14,17-29H2,1-2H3/b7-5-,13-11-,16-15-. The van der Waals surface area contributed by atoms with Crippen molar-refractivity contribution in [3.63, 3.8) is 0 Å². The maximum atomic E-state index is 12.6. The van der Waals surface area contributed by atoms with E-state index in [-0.39, 0.29) is 25.6 Å². The number of hydrogen-bond acceptors (Lipinski definition) is 9. The van der Waals surface area contributed by atoms with Crippen molar-refractivity contribution < 1.29 is 44.2 Å². The molecule has 4 N–H and O–H groups in total. The van der Waals surface area contributed by atoms with Crippen molar-refractivity contribution in [2.45, 2.75) is 160 Å². The van der Waals surface area contributed by atoms with Gasteiger partial charge < -0.3 is 39.4 Å². The van der Waals surface area contributed by atoms with Crippen molar-refractivity contribution in [3.8, 4) is 0 Å². The van der Waals surface area contributed by atoms with Crippen LogP contribution in [0.15, 0.2) is 36.5 Å². The Morgan fingerprint density at radius 3 is 2.02 bits per heavy atom. The minimum atomic E-state index is -1.54. The molecule has 6 unspecified atom stereocenters. The monoisotopic (exact) mass is 640 g/mol. The molecule has 1 aliphatic rings. The second-order valence-corrected chi connectivity index (χ2v) is 11.9. The van der Waals surface area contributed by atoms with Gasteiger partial charge in [-0.25, -0.2) is 0 Å². The predicted molar refractivity (Wildman–Crippen MR) is 178 cm³/mol. The molecule has 1 heterocycles. The van der Waals surface area contributed by atoms with Crippen molar-refractivity contribution in [1.29, 1.82) is 0 Å². The highest BCUT2D eigenvalue weighted by Gasteiger charge is 2.44. The smallest absolute Gasteiger partial charge is 0.306 e. The zero-order valence-electron chi connectivity index (χ0n) is 28.1. The fourth-order valence-electron chi connectivity index (χ4n) is 5.03. The number of allylic oxidation sites excluding steroid dienone is 6. The van der Waals surface area contributed by atoms with Crippen LogP contribution in [0.3, 0.4) is 0 Å². The Bertz CT molecular complexity index is 782. The Kier molecular flexibility index (Phi) is 26.3. The van der Waals surface area contributed by atoms with Crippen LogP contribution in [0.2, 0.25) is 0 Å². The van der Waals surface area contributed by atoms with Crippen molar-refractivity contribution in [2.24, 2.45) is 0 Å². The number of rotatable bonds is 28. The van der Waals surface area contributed by atoms with E-state index in [2.05, 4.69) is 50.3 Å². The second kappa shape index (κ2) is 28.6. The molecule has 0 bridgehead atoms. The fraction of sp³-hybridized carbons (Fsp3) is 0.806. The van der Waals surface area contributed by atoms with Crippen LogP contribution in [-0.4, -0.2) is 89.6 Å². The van der Waals surface area contributed by atoms with E-state index in [9.17, 15) is 25.2 Å². The minimum Gasteiger partial charge on any atom is -0.457 e. The van der Waals surface area contributed by atoms with Gasteiger partial charge in [0.2, 0.25) is 0 Å². The highest BCUT2D eigenvalue weighted by atomic mass is 16.7. The minimum absolute atomic E-state index is 0.125. The molecule has 0 aromatic heterocycles. The van der Waals surface area contributed by atoms with Gasteiger partial charge in [0.15, 0.2) is 6.29 Å². The molecule has 9 heteroatoms. The van der Waals surface area contributed by atoms with Crippen LogP contribution in [-0.2, 0) is 23.7 Å². The van der Waals surface area contributed by atoms with Crippen LogP contribution in [0.4, 0.5) is 0 Å². The fourth-order valence-corrected chi connectivity index (χ4v) is 5.03. The average Bonchev–Trinajstić information content (AvgIpc) is 3.04.